The van der Waals surface area contributed by atoms with Gasteiger partial charge in [-0.15, -0.1) is 0 Å². The second-order valence-corrected chi connectivity index (χ2v) is 3.60. The highest BCUT2D eigenvalue weighted by atomic mass is 14.6. The summed E-state index contributed by atoms with van der Waals surface area (Å²) in [5.74, 6) is 0. The smallest absolute Gasteiger partial charge is 0.0273 e. The van der Waals surface area contributed by atoms with Crippen LogP contribution in [0.2, 0.25) is 0 Å². The van der Waals surface area contributed by atoms with Gasteiger partial charge in [-0.1, -0.05) is 23.8 Å². The molecule has 1 aromatic heterocycles. The molecule has 0 aliphatic heterocycles. The lowest BCUT2D eigenvalue weighted by Gasteiger charge is -2.08. The Hall–Kier alpha value is -1.67. The second-order valence-electron chi connectivity index (χ2n) is 3.60. The van der Waals surface area contributed by atoms with Gasteiger partial charge in [0.25, 0.3) is 0 Å². The van der Waals surface area contributed by atoms with Gasteiger partial charge in [-0.3, -0.25) is 4.98 Å². The fourth-order valence-corrected chi connectivity index (χ4v) is 1.67. The van der Waals surface area contributed by atoms with Crippen molar-refractivity contribution in [2.24, 2.45) is 5.73 Å². The zero-order valence-corrected chi connectivity index (χ0v) is 8.77. The first-order chi connectivity index (χ1) is 7.31. The number of hydrogen-bond acceptors (Lipinski definition) is 2. The number of aryl methyl sites for hydroxylation is 1. The molecule has 2 heteroatoms. The van der Waals surface area contributed by atoms with E-state index >= 15 is 0 Å². The number of nitrogens with zero attached hydrogens (tertiary/aromatic N) is 1. The Bertz CT molecular complexity index is 449. The molecule has 0 bridgehead atoms. The number of benzene rings is 1. The van der Waals surface area contributed by atoms with E-state index in [9.17, 15) is 0 Å². The van der Waals surface area contributed by atoms with Crippen molar-refractivity contribution < 1.29 is 0 Å². The summed E-state index contributed by atoms with van der Waals surface area (Å²) in [6.07, 6.45) is 3.61. The second kappa shape index (κ2) is 4.24. The van der Waals surface area contributed by atoms with Gasteiger partial charge in [-0.25, -0.2) is 0 Å². The van der Waals surface area contributed by atoms with Crippen LogP contribution in [0.5, 0.6) is 0 Å². The minimum atomic E-state index is 0.567. The van der Waals surface area contributed by atoms with Crippen LogP contribution in [0.4, 0.5) is 0 Å². The van der Waals surface area contributed by atoms with E-state index in [0.717, 1.165) is 0 Å². The third-order valence-electron chi connectivity index (χ3n) is 2.48. The number of aromatic nitrogens is 1. The zero-order chi connectivity index (χ0) is 10.7. The van der Waals surface area contributed by atoms with Crippen LogP contribution in [0.15, 0.2) is 42.7 Å². The van der Waals surface area contributed by atoms with Gasteiger partial charge in [0.1, 0.15) is 0 Å². The van der Waals surface area contributed by atoms with E-state index in [1.165, 1.54) is 22.3 Å². The van der Waals surface area contributed by atoms with Gasteiger partial charge in [0, 0.05) is 18.9 Å². The first-order valence-electron chi connectivity index (χ1n) is 5.01. The van der Waals surface area contributed by atoms with Gasteiger partial charge in [0.15, 0.2) is 0 Å². The predicted octanol–water partition coefficient (Wildman–Crippen LogP) is 2.52. The van der Waals surface area contributed by atoms with Crippen LogP contribution >= 0.6 is 0 Å². The molecular weight excluding hydrogens is 184 g/mol. The van der Waals surface area contributed by atoms with Crippen molar-refractivity contribution in [1.29, 1.82) is 0 Å². The van der Waals surface area contributed by atoms with Crippen LogP contribution in [0, 0.1) is 6.92 Å². The highest BCUT2D eigenvalue weighted by Crippen LogP contribution is 2.23. The Kier molecular flexibility index (Phi) is 2.79. The summed E-state index contributed by atoms with van der Waals surface area (Å²) >= 11 is 0. The van der Waals surface area contributed by atoms with Crippen molar-refractivity contribution in [2.45, 2.75) is 13.5 Å². The van der Waals surface area contributed by atoms with Crippen molar-refractivity contribution >= 4 is 0 Å². The third kappa shape index (κ3) is 2.05. The van der Waals surface area contributed by atoms with Crippen LogP contribution in [0.1, 0.15) is 11.1 Å². The molecule has 0 radical (unpaired) electrons. The molecule has 0 saturated heterocycles. The summed E-state index contributed by atoms with van der Waals surface area (Å²) in [6, 6.07) is 10.4. The molecule has 2 N–H and O–H groups in total. The molecule has 76 valence electrons. The highest BCUT2D eigenvalue weighted by molar-refractivity contribution is 5.67. The summed E-state index contributed by atoms with van der Waals surface area (Å²) in [7, 11) is 0. The molecule has 0 fully saturated rings. The molecule has 2 rings (SSSR count). The van der Waals surface area contributed by atoms with Crippen LogP contribution in [-0.4, -0.2) is 4.98 Å². The average Bonchev–Trinajstić information content (AvgIpc) is 2.30. The van der Waals surface area contributed by atoms with Crippen LogP contribution < -0.4 is 5.73 Å². The standard InChI is InChI=1S/C13H14N2/c1-10-2-3-12(9-14)13(8-10)11-4-6-15-7-5-11/h2-8H,9,14H2,1H3. The van der Waals surface area contributed by atoms with Crippen molar-refractivity contribution in [2.75, 3.05) is 0 Å². The Morgan fingerprint density at radius 2 is 1.87 bits per heavy atom. The predicted molar refractivity (Wildman–Crippen MR) is 62.3 cm³/mol. The molecule has 1 heterocycles. The Balaban J connectivity index is 2.56. The molecule has 0 saturated carbocycles. The molecule has 0 spiro atoms. The maximum atomic E-state index is 5.72. The van der Waals surface area contributed by atoms with Gasteiger partial charge in [-0.2, -0.15) is 0 Å². The highest BCUT2D eigenvalue weighted by Gasteiger charge is 2.03. The summed E-state index contributed by atoms with van der Waals surface area (Å²) < 4.78 is 0. The molecule has 0 atom stereocenters. The monoisotopic (exact) mass is 198 g/mol. The molecule has 2 aromatic rings. The van der Waals surface area contributed by atoms with Crippen molar-refractivity contribution in [1.82, 2.24) is 4.98 Å². The first kappa shape index (κ1) is 9.87. The SMILES string of the molecule is Cc1ccc(CN)c(-c2ccncc2)c1. The molecule has 0 aliphatic carbocycles. The van der Waals surface area contributed by atoms with Gasteiger partial charge < -0.3 is 5.73 Å². The maximum Gasteiger partial charge on any atom is 0.0273 e. The average molecular weight is 198 g/mol. The summed E-state index contributed by atoms with van der Waals surface area (Å²) in [5.41, 5.74) is 10.5. The molecule has 1 aromatic carbocycles. The van der Waals surface area contributed by atoms with Gasteiger partial charge in [0.05, 0.1) is 0 Å². The lowest BCUT2D eigenvalue weighted by molar-refractivity contribution is 1.07. The Morgan fingerprint density at radius 3 is 2.53 bits per heavy atom. The number of nitrogens with two attached hydrogens (primary N) is 1. The fraction of sp³-hybridized carbons (Fsp3) is 0.154. The zero-order valence-electron chi connectivity index (χ0n) is 8.77. The normalized spacial score (nSPS) is 10.3. The lowest BCUT2D eigenvalue weighted by atomic mass is 9.98. The minimum absolute atomic E-state index is 0.567. The quantitative estimate of drug-likeness (QED) is 0.805. The third-order valence-corrected chi connectivity index (χ3v) is 2.48. The number of hydrogen-bond donors (Lipinski definition) is 1. The molecule has 0 unspecified atom stereocenters. The van der Waals surface area contributed by atoms with Gasteiger partial charge in [0.2, 0.25) is 0 Å². The summed E-state index contributed by atoms with van der Waals surface area (Å²) in [4.78, 5) is 4.02. The molecule has 2 nitrogen and oxygen atoms in total. The topological polar surface area (TPSA) is 38.9 Å². The van der Waals surface area contributed by atoms with Crippen LogP contribution in [-0.2, 0) is 6.54 Å². The molecule has 0 aliphatic rings. The van der Waals surface area contributed by atoms with E-state index in [0.29, 0.717) is 6.54 Å². The summed E-state index contributed by atoms with van der Waals surface area (Å²) in [6.45, 7) is 2.66. The summed E-state index contributed by atoms with van der Waals surface area (Å²) in [5, 5.41) is 0. The van der Waals surface area contributed by atoms with E-state index in [4.69, 9.17) is 5.73 Å². The Morgan fingerprint density at radius 1 is 1.13 bits per heavy atom. The molecular formula is C13H14N2. The first-order valence-corrected chi connectivity index (χ1v) is 5.01. The largest absolute Gasteiger partial charge is 0.326 e. The van der Waals surface area contributed by atoms with Crippen molar-refractivity contribution in [3.05, 3.63) is 53.9 Å². The van der Waals surface area contributed by atoms with Crippen molar-refractivity contribution in [3.8, 4) is 11.1 Å². The van der Waals surface area contributed by atoms with Crippen molar-refractivity contribution in [3.63, 3.8) is 0 Å². The Labute approximate surface area is 89.8 Å². The van der Waals surface area contributed by atoms with E-state index in [2.05, 4.69) is 30.1 Å². The number of rotatable bonds is 2. The molecule has 0 amide bonds. The minimum Gasteiger partial charge on any atom is -0.326 e. The van der Waals surface area contributed by atoms with Crippen LogP contribution in [0.25, 0.3) is 11.1 Å². The van der Waals surface area contributed by atoms with Gasteiger partial charge >= 0.3 is 0 Å². The number of pyridine rings is 1. The van der Waals surface area contributed by atoms with E-state index in [-0.39, 0.29) is 0 Å². The van der Waals surface area contributed by atoms with E-state index < -0.39 is 0 Å². The lowest BCUT2D eigenvalue weighted by Crippen LogP contribution is -1.99. The molecule has 15 heavy (non-hydrogen) atoms. The van der Waals surface area contributed by atoms with Gasteiger partial charge in [-0.05, 0) is 35.7 Å². The maximum absolute atomic E-state index is 5.72. The van der Waals surface area contributed by atoms with Crippen LogP contribution in [0.3, 0.4) is 0 Å². The van der Waals surface area contributed by atoms with E-state index in [1.54, 1.807) is 12.4 Å². The fourth-order valence-electron chi connectivity index (χ4n) is 1.67. The van der Waals surface area contributed by atoms with E-state index in [1.807, 2.05) is 12.1 Å².